The van der Waals surface area contributed by atoms with E-state index in [0.717, 1.165) is 16.7 Å². The van der Waals surface area contributed by atoms with E-state index in [-0.39, 0.29) is 44.0 Å². The minimum atomic E-state index is -1.76. The first-order valence-corrected chi connectivity index (χ1v) is 18.4. The zero-order valence-electron chi connectivity index (χ0n) is 30.4. The molecule has 1 heterocycles. The molecular formula is C32H54N8O12S. The highest BCUT2D eigenvalue weighted by Gasteiger charge is 2.39. The first-order valence-electron chi connectivity index (χ1n) is 17.3. The molecule has 0 bridgehead atoms. The van der Waals surface area contributed by atoms with E-state index in [4.69, 9.17) is 11.5 Å². The molecule has 0 radical (unpaired) electrons. The summed E-state index contributed by atoms with van der Waals surface area (Å²) in [5.74, 6) is -8.62. The normalized spacial score (nSPS) is 17.6. The Balaban J connectivity index is 3.29. The van der Waals surface area contributed by atoms with Crippen molar-refractivity contribution in [2.24, 2.45) is 17.4 Å². The fraction of sp³-hybridized carbons (Fsp3) is 0.719. The lowest BCUT2D eigenvalue weighted by molar-refractivity contribution is -0.143. The standard InChI is InChI=1S/C32H54N8O12S/c1-5-40-24(42)13-23(31(40)50)53-15-22(39-28(47)20(12-16(2)3)37-26(45)17(4)34)30(49)38-21(14-41)29(48)35-18(9-10-25(43)44)27(46)36-19(32(51)52)8-6-7-11-33/h16-23,41H,5-15,33-34H2,1-4H3,(H,35,48)(H,36,46)(H,37,45)(H,38,49)(H,39,47)(H,43,44)(H,51,52)/t17-,18-,19-,20-,21-,22-,23?/m0/s1. The molecule has 1 aliphatic heterocycles. The average molecular weight is 775 g/mol. The molecule has 0 aromatic carbocycles. The number of unbranched alkanes of at least 4 members (excludes halogenated alkanes) is 1. The van der Waals surface area contributed by atoms with Crippen LogP contribution in [-0.2, 0) is 43.2 Å². The molecule has 7 amide bonds. The van der Waals surface area contributed by atoms with Gasteiger partial charge in [0.05, 0.1) is 17.9 Å². The summed E-state index contributed by atoms with van der Waals surface area (Å²) in [5, 5.41) is 39.8. The zero-order chi connectivity index (χ0) is 40.4. The van der Waals surface area contributed by atoms with Crippen molar-refractivity contribution in [1.82, 2.24) is 31.5 Å². The van der Waals surface area contributed by atoms with E-state index in [1.807, 2.05) is 0 Å². The van der Waals surface area contributed by atoms with Crippen LogP contribution in [0.2, 0.25) is 0 Å². The van der Waals surface area contributed by atoms with Crippen molar-refractivity contribution in [1.29, 1.82) is 0 Å². The number of amides is 7. The zero-order valence-corrected chi connectivity index (χ0v) is 31.2. The molecule has 7 atom stereocenters. The van der Waals surface area contributed by atoms with Crippen LogP contribution in [-0.4, -0.2) is 140 Å². The number of carbonyl (C=O) groups is 9. The Morgan fingerprint density at radius 1 is 0.792 bits per heavy atom. The van der Waals surface area contributed by atoms with Gasteiger partial charge in [0, 0.05) is 25.1 Å². The molecule has 1 unspecified atom stereocenters. The highest BCUT2D eigenvalue weighted by Crippen LogP contribution is 2.25. The summed E-state index contributed by atoms with van der Waals surface area (Å²) in [4.78, 5) is 115. The van der Waals surface area contributed by atoms with E-state index in [2.05, 4.69) is 26.6 Å². The Kier molecular flexibility index (Phi) is 20.6. The maximum Gasteiger partial charge on any atom is 0.326 e. The number of aliphatic hydroxyl groups excluding tert-OH is 1. The SMILES string of the molecule is CCN1C(=O)CC(SC[C@H](NC(=O)[C@H](CC(C)C)NC(=O)[C@H](C)N)C(=O)N[C@@H](CO)C(=O)N[C@@H](CCC(=O)O)C(=O)N[C@@H](CCCCN)C(=O)O)C1=O. The van der Waals surface area contributed by atoms with Crippen LogP contribution in [0.1, 0.15) is 72.6 Å². The van der Waals surface area contributed by atoms with Gasteiger partial charge in [-0.1, -0.05) is 13.8 Å². The number of aliphatic hydroxyl groups is 1. The molecule has 300 valence electrons. The van der Waals surface area contributed by atoms with E-state index < -0.39 is 114 Å². The molecule has 21 heteroatoms. The Bertz CT molecular complexity index is 1330. The van der Waals surface area contributed by atoms with E-state index in [1.54, 1.807) is 20.8 Å². The van der Waals surface area contributed by atoms with Crippen molar-refractivity contribution in [2.75, 3.05) is 25.4 Å². The van der Waals surface area contributed by atoms with Crippen molar-refractivity contribution >= 4 is 65.1 Å². The molecular weight excluding hydrogens is 720 g/mol. The van der Waals surface area contributed by atoms with E-state index >= 15 is 0 Å². The highest BCUT2D eigenvalue weighted by molar-refractivity contribution is 8.00. The lowest BCUT2D eigenvalue weighted by Gasteiger charge is -2.27. The molecule has 1 fully saturated rings. The van der Waals surface area contributed by atoms with Crippen molar-refractivity contribution in [3.63, 3.8) is 0 Å². The summed E-state index contributed by atoms with van der Waals surface area (Å²) < 4.78 is 0. The summed E-state index contributed by atoms with van der Waals surface area (Å²) in [6, 6.07) is -8.33. The van der Waals surface area contributed by atoms with Crippen LogP contribution in [0.25, 0.3) is 0 Å². The van der Waals surface area contributed by atoms with Crippen LogP contribution < -0.4 is 38.1 Å². The number of carbonyl (C=O) groups excluding carboxylic acids is 7. The van der Waals surface area contributed by atoms with Crippen molar-refractivity contribution < 1.29 is 58.5 Å². The quantitative estimate of drug-likeness (QED) is 0.0322. The Labute approximate surface area is 311 Å². The molecule has 0 spiro atoms. The fourth-order valence-corrected chi connectivity index (χ4v) is 6.28. The minimum Gasteiger partial charge on any atom is -0.481 e. The highest BCUT2D eigenvalue weighted by atomic mass is 32.2. The van der Waals surface area contributed by atoms with Crippen LogP contribution in [0, 0.1) is 5.92 Å². The molecule has 1 saturated heterocycles. The maximum absolute atomic E-state index is 13.6. The number of imide groups is 1. The summed E-state index contributed by atoms with van der Waals surface area (Å²) in [5.41, 5.74) is 11.1. The van der Waals surface area contributed by atoms with Crippen LogP contribution >= 0.6 is 11.8 Å². The number of likely N-dealkylation sites (tertiary alicyclic amines) is 1. The van der Waals surface area contributed by atoms with E-state index in [0.29, 0.717) is 12.8 Å². The molecule has 0 aromatic heterocycles. The topological polar surface area (TPSA) is 330 Å². The fourth-order valence-electron chi connectivity index (χ4n) is 5.09. The first-order chi connectivity index (χ1) is 24.9. The molecule has 12 N–H and O–H groups in total. The van der Waals surface area contributed by atoms with Gasteiger partial charge in [-0.25, -0.2) is 4.79 Å². The van der Waals surface area contributed by atoms with Crippen molar-refractivity contribution in [3.05, 3.63) is 0 Å². The molecule has 0 saturated carbocycles. The Morgan fingerprint density at radius 3 is 1.83 bits per heavy atom. The summed E-state index contributed by atoms with van der Waals surface area (Å²) in [6.45, 7) is 6.00. The number of nitrogens with zero attached hydrogens (tertiary/aromatic N) is 1. The van der Waals surface area contributed by atoms with Gasteiger partial charge in [0.15, 0.2) is 0 Å². The number of thioether (sulfide) groups is 1. The molecule has 0 aliphatic carbocycles. The van der Waals surface area contributed by atoms with Gasteiger partial charge < -0.3 is 53.4 Å². The van der Waals surface area contributed by atoms with Crippen LogP contribution in [0.15, 0.2) is 0 Å². The molecule has 0 aromatic rings. The van der Waals surface area contributed by atoms with E-state index in [9.17, 15) is 58.5 Å². The van der Waals surface area contributed by atoms with Gasteiger partial charge in [0.25, 0.3) is 0 Å². The van der Waals surface area contributed by atoms with Gasteiger partial charge in [-0.15, -0.1) is 11.8 Å². The average Bonchev–Trinajstić information content (AvgIpc) is 3.36. The number of aliphatic carboxylic acids is 2. The summed E-state index contributed by atoms with van der Waals surface area (Å²) >= 11 is 0.898. The molecule has 53 heavy (non-hydrogen) atoms. The third kappa shape index (κ3) is 16.1. The first kappa shape index (κ1) is 46.7. The minimum absolute atomic E-state index is 0.00234. The predicted octanol–water partition coefficient (Wildman–Crippen LogP) is -3.25. The second kappa shape index (κ2) is 23.4. The third-order valence-corrected chi connectivity index (χ3v) is 9.32. The van der Waals surface area contributed by atoms with Gasteiger partial charge in [-0.3, -0.25) is 43.3 Å². The third-order valence-electron chi connectivity index (χ3n) is 8.03. The van der Waals surface area contributed by atoms with Crippen molar-refractivity contribution in [3.8, 4) is 0 Å². The number of rotatable bonds is 25. The largest absolute Gasteiger partial charge is 0.481 e. The van der Waals surface area contributed by atoms with Crippen LogP contribution in [0.5, 0.6) is 0 Å². The monoisotopic (exact) mass is 774 g/mol. The number of carboxylic acids is 2. The lowest BCUT2D eigenvalue weighted by atomic mass is 10.0. The number of hydrogen-bond acceptors (Lipinski definition) is 13. The summed E-state index contributed by atoms with van der Waals surface area (Å²) in [7, 11) is 0. The molecule has 1 aliphatic rings. The van der Waals surface area contributed by atoms with Crippen LogP contribution in [0.3, 0.4) is 0 Å². The van der Waals surface area contributed by atoms with Crippen LogP contribution in [0.4, 0.5) is 0 Å². The second-order valence-electron chi connectivity index (χ2n) is 13.0. The number of carboxylic acid groups (broad SMARTS) is 2. The Hall–Kier alpha value is -4.34. The van der Waals surface area contributed by atoms with E-state index in [1.165, 1.54) is 6.92 Å². The predicted molar refractivity (Wildman–Crippen MR) is 191 cm³/mol. The molecule has 1 rings (SSSR count). The number of nitrogens with one attached hydrogen (secondary N) is 5. The maximum atomic E-state index is 13.6. The van der Waals surface area contributed by atoms with Gasteiger partial charge >= 0.3 is 11.9 Å². The number of hydrogen-bond donors (Lipinski definition) is 10. The second-order valence-corrected chi connectivity index (χ2v) is 14.2. The molecule has 20 nitrogen and oxygen atoms in total. The van der Waals surface area contributed by atoms with Gasteiger partial charge in [-0.2, -0.15) is 0 Å². The Morgan fingerprint density at radius 2 is 1.32 bits per heavy atom. The number of nitrogens with two attached hydrogens (primary N) is 2. The summed E-state index contributed by atoms with van der Waals surface area (Å²) in [6.07, 6.45) is -0.268. The van der Waals surface area contributed by atoms with Gasteiger partial charge in [-0.05, 0) is 58.4 Å². The lowest BCUT2D eigenvalue weighted by Crippen LogP contribution is -2.60. The van der Waals surface area contributed by atoms with Gasteiger partial charge in [0.1, 0.15) is 30.2 Å². The van der Waals surface area contributed by atoms with Gasteiger partial charge in [0.2, 0.25) is 41.4 Å². The van der Waals surface area contributed by atoms with Crippen molar-refractivity contribution in [2.45, 2.75) is 114 Å². The smallest absolute Gasteiger partial charge is 0.326 e.